The molecule has 0 bridgehead atoms. The van der Waals surface area contributed by atoms with Gasteiger partial charge in [0.2, 0.25) is 5.69 Å². The Morgan fingerprint density at radius 2 is 1.67 bits per heavy atom. The van der Waals surface area contributed by atoms with E-state index in [1.165, 1.54) is 54.7 Å². The monoisotopic (exact) mass is 390 g/mol. The molecule has 6 rings (SSSR count). The Hall–Kier alpha value is -3.39. The minimum absolute atomic E-state index is 0.501. The molecule has 0 unspecified atom stereocenters. The van der Waals surface area contributed by atoms with Crippen LogP contribution in [-0.2, 0) is 7.05 Å². The Bertz CT molecular complexity index is 1510. The standard InChI is InChI=1S/C28H24NO/c1-16(2)18-9-10-23-21(13-18)14-20-11-12-29(4)27-25-17(3)22-8-6-5-7-19(22)15-24(25)30-28(23)26(20)27/h5-16H,1-4H3/q+1. The molecule has 4 aromatic carbocycles. The van der Waals surface area contributed by atoms with E-state index < -0.39 is 0 Å². The minimum atomic E-state index is 0.501. The summed E-state index contributed by atoms with van der Waals surface area (Å²) >= 11 is 0. The van der Waals surface area contributed by atoms with E-state index >= 15 is 0 Å². The number of pyridine rings is 1. The van der Waals surface area contributed by atoms with Crippen LogP contribution in [0.5, 0.6) is 11.5 Å². The number of hydrogen-bond acceptors (Lipinski definition) is 1. The molecule has 1 aromatic heterocycles. The second-order valence-corrected chi connectivity index (χ2v) is 8.78. The van der Waals surface area contributed by atoms with Crippen molar-refractivity contribution in [2.45, 2.75) is 26.7 Å². The number of benzene rings is 4. The largest absolute Gasteiger partial charge is 0.455 e. The maximum Gasteiger partial charge on any atom is 0.228 e. The molecule has 146 valence electrons. The Balaban J connectivity index is 1.78. The molecule has 0 saturated carbocycles. The zero-order valence-corrected chi connectivity index (χ0v) is 17.8. The third kappa shape index (κ3) is 2.28. The topological polar surface area (TPSA) is 13.1 Å². The smallest absolute Gasteiger partial charge is 0.228 e. The van der Waals surface area contributed by atoms with Crippen molar-refractivity contribution in [2.24, 2.45) is 7.05 Å². The molecule has 0 atom stereocenters. The quantitative estimate of drug-likeness (QED) is 0.214. The first-order valence-electron chi connectivity index (χ1n) is 10.6. The van der Waals surface area contributed by atoms with Crippen molar-refractivity contribution in [1.82, 2.24) is 0 Å². The van der Waals surface area contributed by atoms with E-state index in [1.807, 2.05) is 0 Å². The van der Waals surface area contributed by atoms with Crippen LogP contribution < -0.4 is 9.30 Å². The molecular weight excluding hydrogens is 366 g/mol. The maximum absolute atomic E-state index is 6.69. The van der Waals surface area contributed by atoms with Gasteiger partial charge in [-0.2, -0.15) is 0 Å². The molecule has 0 aliphatic carbocycles. The Morgan fingerprint density at radius 3 is 2.50 bits per heavy atom. The average molecular weight is 391 g/mol. The molecule has 0 fully saturated rings. The summed E-state index contributed by atoms with van der Waals surface area (Å²) in [6, 6.07) is 22.1. The highest BCUT2D eigenvalue weighted by molar-refractivity contribution is 6.13. The number of ether oxygens (including phenoxy) is 1. The van der Waals surface area contributed by atoms with Gasteiger partial charge in [-0.05, 0) is 57.6 Å². The van der Waals surface area contributed by atoms with Crippen molar-refractivity contribution in [3.8, 4) is 22.8 Å². The lowest BCUT2D eigenvalue weighted by Crippen LogP contribution is -2.31. The van der Waals surface area contributed by atoms with Crippen molar-refractivity contribution >= 4 is 32.3 Å². The van der Waals surface area contributed by atoms with Gasteiger partial charge in [-0.3, -0.25) is 0 Å². The van der Waals surface area contributed by atoms with E-state index in [1.54, 1.807) is 0 Å². The van der Waals surface area contributed by atoms with Crippen LogP contribution in [0.2, 0.25) is 0 Å². The van der Waals surface area contributed by atoms with E-state index in [0.29, 0.717) is 5.92 Å². The third-order valence-electron chi connectivity index (χ3n) is 6.60. The Morgan fingerprint density at radius 1 is 0.833 bits per heavy atom. The van der Waals surface area contributed by atoms with Gasteiger partial charge < -0.3 is 4.74 Å². The van der Waals surface area contributed by atoms with Crippen LogP contribution in [0, 0.1) is 6.92 Å². The van der Waals surface area contributed by atoms with Crippen LogP contribution in [0.25, 0.3) is 43.6 Å². The van der Waals surface area contributed by atoms with Crippen LogP contribution in [0.15, 0.2) is 66.9 Å². The van der Waals surface area contributed by atoms with Crippen LogP contribution in [-0.4, -0.2) is 0 Å². The first-order valence-corrected chi connectivity index (χ1v) is 10.6. The summed E-state index contributed by atoms with van der Waals surface area (Å²) in [4.78, 5) is 0. The van der Waals surface area contributed by atoms with Gasteiger partial charge in [-0.15, -0.1) is 0 Å². The summed E-state index contributed by atoms with van der Waals surface area (Å²) in [6.07, 6.45) is 2.17. The van der Waals surface area contributed by atoms with Crippen molar-refractivity contribution in [3.63, 3.8) is 0 Å². The molecule has 0 spiro atoms. The van der Waals surface area contributed by atoms with Gasteiger partial charge in [0.05, 0.1) is 10.9 Å². The molecule has 2 nitrogen and oxygen atoms in total. The summed E-state index contributed by atoms with van der Waals surface area (Å²) in [7, 11) is 2.13. The first kappa shape index (κ1) is 17.5. The molecule has 1 aliphatic rings. The zero-order chi connectivity index (χ0) is 20.6. The molecule has 1 aliphatic heterocycles. The molecule has 30 heavy (non-hydrogen) atoms. The summed E-state index contributed by atoms with van der Waals surface area (Å²) < 4.78 is 8.93. The Kier molecular flexibility index (Phi) is 3.53. The number of nitrogens with zero attached hydrogens (tertiary/aromatic N) is 1. The van der Waals surface area contributed by atoms with Crippen LogP contribution >= 0.6 is 0 Å². The van der Waals surface area contributed by atoms with E-state index in [0.717, 1.165) is 11.5 Å². The number of hydrogen-bond donors (Lipinski definition) is 0. The predicted octanol–water partition coefficient (Wildman–Crippen LogP) is 7.18. The van der Waals surface area contributed by atoms with Crippen molar-refractivity contribution in [2.75, 3.05) is 0 Å². The van der Waals surface area contributed by atoms with Crippen molar-refractivity contribution < 1.29 is 9.30 Å². The highest BCUT2D eigenvalue weighted by Crippen LogP contribution is 2.50. The molecule has 2 heteroatoms. The van der Waals surface area contributed by atoms with E-state index in [-0.39, 0.29) is 0 Å². The fraction of sp³-hybridized carbons (Fsp3) is 0.179. The second-order valence-electron chi connectivity index (χ2n) is 8.78. The lowest BCUT2D eigenvalue weighted by molar-refractivity contribution is -0.659. The third-order valence-corrected chi connectivity index (χ3v) is 6.60. The number of fused-ring (bicyclic) bond motifs is 5. The first-order chi connectivity index (χ1) is 14.5. The van der Waals surface area contributed by atoms with Gasteiger partial charge in [0, 0.05) is 11.5 Å². The Labute approximate surface area is 176 Å². The average Bonchev–Trinajstić information content (AvgIpc) is 2.75. The fourth-order valence-electron chi connectivity index (χ4n) is 4.98. The van der Waals surface area contributed by atoms with Gasteiger partial charge in [0.1, 0.15) is 18.5 Å². The predicted molar refractivity (Wildman–Crippen MR) is 124 cm³/mol. The van der Waals surface area contributed by atoms with Gasteiger partial charge in [-0.25, -0.2) is 4.57 Å². The number of rotatable bonds is 1. The summed E-state index contributed by atoms with van der Waals surface area (Å²) in [6.45, 7) is 6.69. The minimum Gasteiger partial charge on any atom is -0.455 e. The summed E-state index contributed by atoms with van der Waals surface area (Å²) in [5.41, 5.74) is 5.07. The normalized spacial score (nSPS) is 12.6. The number of aryl methyl sites for hydroxylation is 2. The van der Waals surface area contributed by atoms with Gasteiger partial charge in [-0.1, -0.05) is 56.3 Å². The second kappa shape index (κ2) is 6.06. The fourth-order valence-corrected chi connectivity index (χ4v) is 4.98. The molecule has 5 aromatic rings. The molecule has 2 heterocycles. The number of aromatic nitrogens is 1. The van der Waals surface area contributed by atoms with Gasteiger partial charge in [0.25, 0.3) is 0 Å². The van der Waals surface area contributed by atoms with Crippen LogP contribution in [0.1, 0.15) is 30.9 Å². The summed E-state index contributed by atoms with van der Waals surface area (Å²) in [5.74, 6) is 2.43. The van der Waals surface area contributed by atoms with Crippen molar-refractivity contribution in [1.29, 1.82) is 0 Å². The maximum atomic E-state index is 6.69. The van der Waals surface area contributed by atoms with E-state index in [9.17, 15) is 0 Å². The van der Waals surface area contributed by atoms with Gasteiger partial charge >= 0.3 is 0 Å². The highest BCUT2D eigenvalue weighted by Gasteiger charge is 2.31. The SMILES string of the molecule is Cc1c2c(cc3ccccc13)Oc1c3ccc(C(C)C)cc3cc3cc[n+](C)c-2c13. The van der Waals surface area contributed by atoms with Gasteiger partial charge in [0.15, 0.2) is 6.20 Å². The van der Waals surface area contributed by atoms with Crippen LogP contribution in [0.3, 0.4) is 0 Å². The molecule has 0 radical (unpaired) electrons. The molecule has 0 saturated heterocycles. The lowest BCUT2D eigenvalue weighted by Gasteiger charge is -2.23. The van der Waals surface area contributed by atoms with E-state index in [2.05, 4.69) is 99.2 Å². The van der Waals surface area contributed by atoms with Crippen molar-refractivity contribution in [3.05, 3.63) is 78.0 Å². The molecule has 0 amide bonds. The van der Waals surface area contributed by atoms with E-state index in [4.69, 9.17) is 4.74 Å². The zero-order valence-electron chi connectivity index (χ0n) is 17.8. The summed E-state index contributed by atoms with van der Waals surface area (Å²) in [5, 5.41) is 7.35. The molecule has 0 N–H and O–H groups in total. The molecular formula is C28H24NO+. The highest BCUT2D eigenvalue weighted by atomic mass is 16.5. The lowest BCUT2D eigenvalue weighted by atomic mass is 9.90. The van der Waals surface area contributed by atoms with Crippen LogP contribution in [0.4, 0.5) is 0 Å².